The number of anilines is 2. The van der Waals surface area contributed by atoms with Crippen molar-refractivity contribution in [2.24, 2.45) is 5.92 Å². The van der Waals surface area contributed by atoms with E-state index in [4.69, 9.17) is 0 Å². The number of benzene rings is 3. The van der Waals surface area contributed by atoms with E-state index in [2.05, 4.69) is 33.1 Å². The van der Waals surface area contributed by atoms with E-state index in [1.807, 2.05) is 62.4 Å². The van der Waals surface area contributed by atoms with Crippen molar-refractivity contribution in [1.29, 1.82) is 0 Å². The first-order valence-electron chi connectivity index (χ1n) is 18.2. The number of hydrogen-bond acceptors (Lipinski definition) is 7. The Balaban J connectivity index is 1.07. The molecule has 0 bridgehead atoms. The summed E-state index contributed by atoms with van der Waals surface area (Å²) in [5.41, 5.74) is 4.31. The Morgan fingerprint density at radius 3 is 2.24 bits per heavy atom. The summed E-state index contributed by atoms with van der Waals surface area (Å²) in [6, 6.07) is 20.0. The molecule has 3 aromatic carbocycles. The van der Waals surface area contributed by atoms with Crippen LogP contribution in [0.1, 0.15) is 68.2 Å². The van der Waals surface area contributed by atoms with Gasteiger partial charge in [0.05, 0.1) is 31.9 Å². The number of amides is 6. The lowest BCUT2D eigenvalue weighted by atomic mass is 10.0. The minimum Gasteiger partial charge on any atom is -0.392 e. The highest BCUT2D eigenvalue weighted by atomic mass is 16.3. The zero-order chi connectivity index (χ0) is 38.6. The second kappa shape index (κ2) is 18.7. The molecule has 1 saturated heterocycles. The van der Waals surface area contributed by atoms with Crippen molar-refractivity contribution in [3.05, 3.63) is 95.1 Å². The predicted molar refractivity (Wildman–Crippen MR) is 202 cm³/mol. The van der Waals surface area contributed by atoms with Gasteiger partial charge >= 0.3 is 0 Å². The molecule has 0 aliphatic carbocycles. The van der Waals surface area contributed by atoms with Crippen LogP contribution >= 0.6 is 0 Å². The van der Waals surface area contributed by atoms with Gasteiger partial charge in [0.1, 0.15) is 12.1 Å². The Morgan fingerprint density at radius 2 is 1.50 bits per heavy atom. The number of para-hydroxylation sites is 1. The van der Waals surface area contributed by atoms with Crippen LogP contribution in [0.4, 0.5) is 11.4 Å². The third-order valence-corrected chi connectivity index (χ3v) is 9.24. The van der Waals surface area contributed by atoms with Gasteiger partial charge in [-0.1, -0.05) is 68.2 Å². The SMILES string of the molecule is CC(C)C[C@H](NC(=O)[C@@H]1CCCN1C(=O)CNC(=O)CNC(=O)CCC(=O)N1Cc2ccccc2C#Cc2ccccc21)C(=O)Nc1ccc(CO)cc1. The van der Waals surface area contributed by atoms with Gasteiger partial charge in [-0.25, -0.2) is 0 Å². The smallest absolute Gasteiger partial charge is 0.246 e. The zero-order valence-electron chi connectivity index (χ0n) is 30.5. The van der Waals surface area contributed by atoms with E-state index < -0.39 is 48.2 Å². The summed E-state index contributed by atoms with van der Waals surface area (Å²) >= 11 is 0. The molecular formula is C41H46N6O7. The van der Waals surface area contributed by atoms with Gasteiger partial charge in [0.15, 0.2) is 0 Å². The Bertz CT molecular complexity index is 1930. The third kappa shape index (κ3) is 10.5. The molecule has 0 spiro atoms. The van der Waals surface area contributed by atoms with Crippen molar-refractivity contribution in [3.8, 4) is 11.8 Å². The first kappa shape index (κ1) is 39.2. The van der Waals surface area contributed by atoms with E-state index in [1.54, 1.807) is 29.2 Å². The number of fused-ring (bicyclic) bond motifs is 2. The van der Waals surface area contributed by atoms with Crippen molar-refractivity contribution >= 4 is 46.8 Å². The summed E-state index contributed by atoms with van der Waals surface area (Å²) < 4.78 is 0. The van der Waals surface area contributed by atoms with E-state index in [0.717, 1.165) is 11.1 Å². The van der Waals surface area contributed by atoms with Crippen LogP contribution in [0.3, 0.4) is 0 Å². The number of aliphatic hydroxyl groups excluding tert-OH is 1. The maximum absolute atomic E-state index is 13.4. The van der Waals surface area contributed by atoms with Crippen LogP contribution in [-0.2, 0) is 41.9 Å². The van der Waals surface area contributed by atoms with E-state index in [9.17, 15) is 33.9 Å². The molecule has 1 fully saturated rings. The molecule has 2 heterocycles. The lowest BCUT2D eigenvalue weighted by molar-refractivity contribution is -0.139. The molecule has 13 heteroatoms. The van der Waals surface area contributed by atoms with Crippen LogP contribution < -0.4 is 26.2 Å². The Labute approximate surface area is 314 Å². The van der Waals surface area contributed by atoms with Crippen molar-refractivity contribution in [2.75, 3.05) is 29.9 Å². The number of carbonyl (C=O) groups excluding carboxylic acids is 6. The van der Waals surface area contributed by atoms with Crippen molar-refractivity contribution < 1.29 is 33.9 Å². The fourth-order valence-electron chi connectivity index (χ4n) is 6.40. The fraction of sp³-hybridized carbons (Fsp3) is 0.366. The van der Waals surface area contributed by atoms with Gasteiger partial charge in [0.25, 0.3) is 0 Å². The molecule has 0 saturated carbocycles. The Morgan fingerprint density at radius 1 is 0.815 bits per heavy atom. The summed E-state index contributed by atoms with van der Waals surface area (Å²) in [6.07, 6.45) is 1.12. The molecule has 2 aliphatic rings. The second-order valence-corrected chi connectivity index (χ2v) is 13.7. The van der Waals surface area contributed by atoms with Crippen LogP contribution in [0.25, 0.3) is 0 Å². The van der Waals surface area contributed by atoms with E-state index in [0.29, 0.717) is 54.9 Å². The van der Waals surface area contributed by atoms with E-state index >= 15 is 0 Å². The molecule has 6 amide bonds. The van der Waals surface area contributed by atoms with Gasteiger partial charge < -0.3 is 36.2 Å². The molecule has 5 N–H and O–H groups in total. The summed E-state index contributed by atoms with van der Waals surface area (Å²) in [7, 11) is 0. The zero-order valence-corrected chi connectivity index (χ0v) is 30.5. The lowest BCUT2D eigenvalue weighted by Crippen LogP contribution is -2.53. The maximum atomic E-state index is 13.4. The number of nitrogens with zero attached hydrogens (tertiary/aromatic N) is 2. The minimum atomic E-state index is -0.845. The summed E-state index contributed by atoms with van der Waals surface area (Å²) in [5.74, 6) is 3.72. The minimum absolute atomic E-state index is 0.0881. The second-order valence-electron chi connectivity index (χ2n) is 13.7. The van der Waals surface area contributed by atoms with Crippen molar-refractivity contribution in [3.63, 3.8) is 0 Å². The molecule has 282 valence electrons. The highest BCUT2D eigenvalue weighted by Crippen LogP contribution is 2.26. The van der Waals surface area contributed by atoms with Crippen LogP contribution in [0.2, 0.25) is 0 Å². The van der Waals surface area contributed by atoms with Crippen LogP contribution in [0, 0.1) is 17.8 Å². The highest BCUT2D eigenvalue weighted by Gasteiger charge is 2.36. The molecule has 2 atom stereocenters. The average molecular weight is 735 g/mol. The molecule has 0 unspecified atom stereocenters. The third-order valence-electron chi connectivity index (χ3n) is 9.24. The molecule has 0 radical (unpaired) electrons. The summed E-state index contributed by atoms with van der Waals surface area (Å²) in [5, 5.41) is 19.9. The average Bonchev–Trinajstić information content (AvgIpc) is 3.66. The van der Waals surface area contributed by atoms with Crippen LogP contribution in [0.15, 0.2) is 72.8 Å². The number of hydrogen-bond donors (Lipinski definition) is 5. The number of likely N-dealkylation sites (tertiary alicyclic amines) is 1. The van der Waals surface area contributed by atoms with Crippen LogP contribution in [-0.4, -0.2) is 77.2 Å². The molecule has 54 heavy (non-hydrogen) atoms. The van der Waals surface area contributed by atoms with Gasteiger partial charge in [-0.3, -0.25) is 28.8 Å². The molecule has 5 rings (SSSR count). The maximum Gasteiger partial charge on any atom is 0.246 e. The molecule has 2 aliphatic heterocycles. The first-order valence-corrected chi connectivity index (χ1v) is 18.2. The fourth-order valence-corrected chi connectivity index (χ4v) is 6.40. The number of carbonyl (C=O) groups is 6. The molecule has 3 aromatic rings. The predicted octanol–water partition coefficient (Wildman–Crippen LogP) is 2.60. The Kier molecular flexibility index (Phi) is 13.6. The number of rotatable bonds is 14. The van der Waals surface area contributed by atoms with Crippen LogP contribution in [0.5, 0.6) is 0 Å². The van der Waals surface area contributed by atoms with Gasteiger partial charge in [-0.15, -0.1) is 0 Å². The summed E-state index contributed by atoms with van der Waals surface area (Å²) in [4.78, 5) is 81.3. The van der Waals surface area contributed by atoms with Gasteiger partial charge in [-0.2, -0.15) is 0 Å². The lowest BCUT2D eigenvalue weighted by Gasteiger charge is -2.27. The summed E-state index contributed by atoms with van der Waals surface area (Å²) in [6.45, 7) is 3.59. The normalized spacial score (nSPS) is 15.0. The first-order chi connectivity index (χ1) is 26.0. The Hall–Kier alpha value is -6.00. The molecular weight excluding hydrogens is 688 g/mol. The number of nitrogens with one attached hydrogen (secondary N) is 4. The molecule has 13 nitrogen and oxygen atoms in total. The van der Waals surface area contributed by atoms with Gasteiger partial charge in [-0.05, 0) is 66.6 Å². The number of aliphatic hydroxyl groups is 1. The van der Waals surface area contributed by atoms with Gasteiger partial charge in [0, 0.05) is 36.2 Å². The van der Waals surface area contributed by atoms with Crippen molar-refractivity contribution in [2.45, 2.75) is 71.2 Å². The quantitative estimate of drug-likeness (QED) is 0.158. The standard InChI is InChI=1S/C41H46N6O7/c1-27(2)22-33(40(53)44-32-17-13-28(26-48)14-18-32)45-41(54)35-12-7-21-46(35)39(52)24-43-37(50)23-42-36(49)19-20-38(51)47-25-31-10-4-3-8-29(31)15-16-30-9-5-6-11-34(30)47/h3-6,8-11,13-14,17-18,27,33,35,48H,7,12,19-26H2,1-2H3,(H,42,49)(H,43,50)(H,44,53)(H,45,54)/t33-,35-/m0/s1. The van der Waals surface area contributed by atoms with Crippen molar-refractivity contribution in [1.82, 2.24) is 20.9 Å². The topological polar surface area (TPSA) is 177 Å². The molecule has 0 aromatic heterocycles. The highest BCUT2D eigenvalue weighted by molar-refractivity contribution is 5.99. The van der Waals surface area contributed by atoms with E-state index in [1.165, 1.54) is 4.90 Å². The monoisotopic (exact) mass is 734 g/mol. The van der Waals surface area contributed by atoms with E-state index in [-0.39, 0.29) is 37.8 Å². The van der Waals surface area contributed by atoms with Gasteiger partial charge in [0.2, 0.25) is 35.4 Å². The largest absolute Gasteiger partial charge is 0.392 e.